The minimum atomic E-state index is -1.01. The number of benzene rings is 3. The molecular weight excluding hydrogens is 469 g/mol. The number of rotatable bonds is 6. The lowest BCUT2D eigenvalue weighted by molar-refractivity contribution is 0.0995. The SMILES string of the molecule is NC(=O)c1cc(-c2ccc(Cl)cc2)c(-c2ccccc2Cl)nc1OCc1ccc(F)c(F)c1. The molecule has 0 saturated heterocycles. The minimum absolute atomic E-state index is 0.0262. The molecule has 0 fully saturated rings. The third kappa shape index (κ3) is 4.97. The molecule has 1 heterocycles. The van der Waals surface area contributed by atoms with Gasteiger partial charge in [0, 0.05) is 21.2 Å². The van der Waals surface area contributed by atoms with Crippen LogP contribution in [-0.2, 0) is 6.61 Å². The first-order chi connectivity index (χ1) is 15.8. The van der Waals surface area contributed by atoms with Gasteiger partial charge >= 0.3 is 0 Å². The monoisotopic (exact) mass is 484 g/mol. The van der Waals surface area contributed by atoms with E-state index in [1.807, 2.05) is 0 Å². The largest absolute Gasteiger partial charge is 0.472 e. The van der Waals surface area contributed by atoms with Crippen LogP contribution in [0.25, 0.3) is 22.4 Å². The van der Waals surface area contributed by atoms with Crippen LogP contribution < -0.4 is 10.5 Å². The highest BCUT2D eigenvalue weighted by molar-refractivity contribution is 6.33. The molecule has 2 N–H and O–H groups in total. The van der Waals surface area contributed by atoms with E-state index >= 15 is 0 Å². The molecule has 0 aliphatic rings. The number of halogens is 4. The molecule has 0 radical (unpaired) electrons. The van der Waals surface area contributed by atoms with Gasteiger partial charge in [0.25, 0.3) is 5.91 Å². The number of carbonyl (C=O) groups is 1. The molecule has 1 aromatic heterocycles. The summed E-state index contributed by atoms with van der Waals surface area (Å²) in [5.74, 6) is -2.79. The van der Waals surface area contributed by atoms with Gasteiger partial charge in [0.1, 0.15) is 12.2 Å². The molecule has 0 unspecified atom stereocenters. The van der Waals surface area contributed by atoms with Gasteiger partial charge in [-0.2, -0.15) is 0 Å². The predicted octanol–water partition coefficient (Wildman–Crippen LogP) is 6.68. The molecule has 0 aliphatic carbocycles. The van der Waals surface area contributed by atoms with Gasteiger partial charge in [0.2, 0.25) is 5.88 Å². The van der Waals surface area contributed by atoms with Crippen molar-refractivity contribution in [3.8, 4) is 28.3 Å². The summed E-state index contributed by atoms with van der Waals surface area (Å²) >= 11 is 12.5. The second-order valence-corrected chi connectivity index (χ2v) is 7.97. The Kier molecular flexibility index (Phi) is 6.58. The van der Waals surface area contributed by atoms with Crippen LogP contribution in [-0.4, -0.2) is 10.9 Å². The second kappa shape index (κ2) is 9.57. The molecule has 8 heteroatoms. The van der Waals surface area contributed by atoms with E-state index in [0.29, 0.717) is 32.4 Å². The lowest BCUT2D eigenvalue weighted by Gasteiger charge is -2.16. The molecule has 4 nitrogen and oxygen atoms in total. The smallest absolute Gasteiger partial charge is 0.254 e. The Balaban J connectivity index is 1.85. The lowest BCUT2D eigenvalue weighted by Crippen LogP contribution is -2.15. The Morgan fingerprint density at radius 3 is 2.30 bits per heavy atom. The molecule has 0 atom stereocenters. The predicted molar refractivity (Wildman–Crippen MR) is 124 cm³/mol. The van der Waals surface area contributed by atoms with Crippen molar-refractivity contribution < 1.29 is 18.3 Å². The first kappa shape index (κ1) is 22.7. The van der Waals surface area contributed by atoms with E-state index in [2.05, 4.69) is 4.98 Å². The van der Waals surface area contributed by atoms with Crippen molar-refractivity contribution >= 4 is 29.1 Å². The van der Waals surface area contributed by atoms with E-state index in [-0.39, 0.29) is 18.1 Å². The van der Waals surface area contributed by atoms with Crippen LogP contribution in [0.4, 0.5) is 8.78 Å². The Morgan fingerprint density at radius 1 is 0.909 bits per heavy atom. The summed E-state index contributed by atoms with van der Waals surface area (Å²) < 4.78 is 32.5. The standard InChI is InChI=1S/C25H16Cl2F2N2O2/c26-16-8-6-15(7-9-16)18-12-19(24(30)32)25(31-23(18)17-3-1-2-4-20(17)27)33-13-14-5-10-21(28)22(29)11-14/h1-12H,13H2,(H2,30,32). The molecule has 0 spiro atoms. The molecule has 3 aromatic carbocycles. The van der Waals surface area contributed by atoms with Crippen LogP contribution in [0.15, 0.2) is 72.8 Å². The molecule has 0 saturated carbocycles. The summed E-state index contributed by atoms with van der Waals surface area (Å²) in [6, 6.07) is 19.0. The van der Waals surface area contributed by atoms with E-state index in [1.54, 1.807) is 54.6 Å². The zero-order valence-corrected chi connectivity index (χ0v) is 18.5. The van der Waals surface area contributed by atoms with E-state index in [0.717, 1.165) is 17.7 Å². The minimum Gasteiger partial charge on any atom is -0.472 e. The number of hydrogen-bond acceptors (Lipinski definition) is 3. The van der Waals surface area contributed by atoms with Crippen LogP contribution >= 0.6 is 23.2 Å². The van der Waals surface area contributed by atoms with Gasteiger partial charge in [-0.25, -0.2) is 13.8 Å². The van der Waals surface area contributed by atoms with Crippen LogP contribution in [0, 0.1) is 11.6 Å². The molecule has 166 valence electrons. The van der Waals surface area contributed by atoms with Crippen molar-refractivity contribution in [3.63, 3.8) is 0 Å². The average molecular weight is 485 g/mol. The normalized spacial score (nSPS) is 10.8. The fourth-order valence-electron chi connectivity index (χ4n) is 3.27. The maximum absolute atomic E-state index is 13.6. The summed E-state index contributed by atoms with van der Waals surface area (Å²) in [5.41, 5.74) is 8.37. The number of nitrogens with zero attached hydrogens (tertiary/aromatic N) is 1. The third-order valence-corrected chi connectivity index (χ3v) is 5.48. The Labute approximate surface area is 198 Å². The fourth-order valence-corrected chi connectivity index (χ4v) is 3.62. The summed E-state index contributed by atoms with van der Waals surface area (Å²) in [6.45, 7) is -0.160. The van der Waals surface area contributed by atoms with Gasteiger partial charge in [-0.05, 0) is 47.5 Å². The van der Waals surface area contributed by atoms with Crippen LogP contribution in [0.3, 0.4) is 0 Å². The van der Waals surface area contributed by atoms with Gasteiger partial charge in [0.15, 0.2) is 11.6 Å². The average Bonchev–Trinajstić information content (AvgIpc) is 2.80. The Hall–Kier alpha value is -3.48. The Bertz CT molecular complexity index is 1350. The van der Waals surface area contributed by atoms with Gasteiger partial charge in [-0.1, -0.05) is 59.6 Å². The zero-order valence-electron chi connectivity index (χ0n) is 17.0. The molecule has 0 bridgehead atoms. The van der Waals surface area contributed by atoms with Gasteiger partial charge in [-0.15, -0.1) is 0 Å². The van der Waals surface area contributed by atoms with E-state index in [1.165, 1.54) is 6.07 Å². The van der Waals surface area contributed by atoms with Crippen LogP contribution in [0.5, 0.6) is 5.88 Å². The highest BCUT2D eigenvalue weighted by Gasteiger charge is 2.20. The molecule has 0 aliphatic heterocycles. The number of pyridine rings is 1. The van der Waals surface area contributed by atoms with Crippen molar-refractivity contribution in [2.45, 2.75) is 6.61 Å². The van der Waals surface area contributed by atoms with E-state index < -0.39 is 17.5 Å². The fraction of sp³-hybridized carbons (Fsp3) is 0.0400. The number of aromatic nitrogens is 1. The van der Waals surface area contributed by atoms with Crippen molar-refractivity contribution in [1.82, 2.24) is 4.98 Å². The number of primary amides is 1. The molecular formula is C25H16Cl2F2N2O2. The lowest BCUT2D eigenvalue weighted by atomic mass is 9.97. The summed E-state index contributed by atoms with van der Waals surface area (Å²) in [4.78, 5) is 16.8. The van der Waals surface area contributed by atoms with Crippen molar-refractivity contribution in [3.05, 3.63) is 106 Å². The van der Waals surface area contributed by atoms with Crippen molar-refractivity contribution in [2.24, 2.45) is 5.73 Å². The van der Waals surface area contributed by atoms with Crippen LogP contribution in [0.1, 0.15) is 15.9 Å². The highest BCUT2D eigenvalue weighted by Crippen LogP contribution is 2.38. The van der Waals surface area contributed by atoms with Crippen molar-refractivity contribution in [1.29, 1.82) is 0 Å². The number of ether oxygens (including phenoxy) is 1. The summed E-state index contributed by atoms with van der Waals surface area (Å²) in [6.07, 6.45) is 0. The number of hydrogen-bond donors (Lipinski definition) is 1. The van der Waals surface area contributed by atoms with E-state index in [4.69, 9.17) is 33.7 Å². The molecule has 4 aromatic rings. The number of amides is 1. The molecule has 1 amide bonds. The summed E-state index contributed by atoms with van der Waals surface area (Å²) in [7, 11) is 0. The van der Waals surface area contributed by atoms with Gasteiger partial charge in [-0.3, -0.25) is 4.79 Å². The first-order valence-electron chi connectivity index (χ1n) is 9.76. The third-order valence-electron chi connectivity index (χ3n) is 4.90. The number of nitrogens with two attached hydrogens (primary N) is 1. The maximum Gasteiger partial charge on any atom is 0.254 e. The topological polar surface area (TPSA) is 65.2 Å². The highest BCUT2D eigenvalue weighted by atomic mass is 35.5. The van der Waals surface area contributed by atoms with Crippen LogP contribution in [0.2, 0.25) is 10.0 Å². The first-order valence-corrected chi connectivity index (χ1v) is 10.5. The van der Waals surface area contributed by atoms with E-state index in [9.17, 15) is 13.6 Å². The molecule has 33 heavy (non-hydrogen) atoms. The molecule has 4 rings (SSSR count). The quantitative estimate of drug-likeness (QED) is 0.332. The van der Waals surface area contributed by atoms with Crippen molar-refractivity contribution in [2.75, 3.05) is 0 Å². The zero-order chi connectivity index (χ0) is 23.5. The Morgan fingerprint density at radius 2 is 1.64 bits per heavy atom. The van der Waals surface area contributed by atoms with Gasteiger partial charge < -0.3 is 10.5 Å². The second-order valence-electron chi connectivity index (χ2n) is 7.13. The maximum atomic E-state index is 13.6. The number of carbonyl (C=O) groups excluding carboxylic acids is 1. The summed E-state index contributed by atoms with van der Waals surface area (Å²) in [5, 5.41) is 0.992. The van der Waals surface area contributed by atoms with Gasteiger partial charge in [0.05, 0.1) is 5.69 Å².